The molecule has 0 spiro atoms. The van der Waals surface area contributed by atoms with Gasteiger partial charge in [-0.25, -0.2) is 9.98 Å². The van der Waals surface area contributed by atoms with Gasteiger partial charge in [0.2, 0.25) is 0 Å². The Morgan fingerprint density at radius 2 is 1.67 bits per heavy atom. The van der Waals surface area contributed by atoms with Crippen LogP contribution in [0.4, 0.5) is 0 Å². The van der Waals surface area contributed by atoms with E-state index in [2.05, 4.69) is 10.1 Å². The second-order valence-electron chi connectivity index (χ2n) is 8.15. The molecule has 0 bridgehead atoms. The molecule has 1 aliphatic heterocycles. The molecule has 12 heteroatoms. The maximum absolute atomic E-state index is 13.1. The van der Waals surface area contributed by atoms with E-state index in [0.717, 1.165) is 11.1 Å². The number of hydrogen-bond acceptors (Lipinski definition) is 7. The van der Waals surface area contributed by atoms with Crippen molar-refractivity contribution in [1.82, 2.24) is 14.8 Å². The molecule has 2 aromatic heterocycles. The molecular weight excluding hydrogens is 545 g/mol. The highest BCUT2D eigenvalue weighted by molar-refractivity contribution is 7.87. The van der Waals surface area contributed by atoms with Gasteiger partial charge in [0.15, 0.2) is 4.90 Å². The van der Waals surface area contributed by atoms with Gasteiger partial charge in [0.05, 0.1) is 5.69 Å². The lowest BCUT2D eigenvalue weighted by Crippen LogP contribution is -2.26. The molecule has 0 aliphatic carbocycles. The lowest BCUT2D eigenvalue weighted by Gasteiger charge is -2.29. The number of pyridine rings is 1. The molecule has 0 amide bonds. The molecule has 0 saturated carbocycles. The summed E-state index contributed by atoms with van der Waals surface area (Å²) in [5.41, 5.74) is 8.07. The van der Waals surface area contributed by atoms with Crippen molar-refractivity contribution in [3.63, 3.8) is 0 Å². The lowest BCUT2D eigenvalue weighted by atomic mass is 9.78. The molecule has 0 fully saturated rings. The predicted octanol–water partition coefficient (Wildman–Crippen LogP) is 4.86. The molecule has 8 nitrogen and oxygen atoms in total. The van der Waals surface area contributed by atoms with E-state index in [1.165, 1.54) is 17.7 Å². The molecule has 36 heavy (non-hydrogen) atoms. The Bertz CT molecular complexity index is 1650. The summed E-state index contributed by atoms with van der Waals surface area (Å²) in [6, 6.07) is 17.3. The summed E-state index contributed by atoms with van der Waals surface area (Å²) < 4.78 is 33.0. The molecule has 0 radical (unpaired) electrons. The van der Waals surface area contributed by atoms with Crippen molar-refractivity contribution in [3.05, 3.63) is 104 Å². The number of hydrogen-bond donors (Lipinski definition) is 1. The molecule has 1 unspecified atom stereocenters. The summed E-state index contributed by atoms with van der Waals surface area (Å²) in [6.45, 7) is 1.54. The topological polar surface area (TPSA) is 112 Å². The van der Waals surface area contributed by atoms with Crippen molar-refractivity contribution in [3.8, 4) is 5.75 Å². The van der Waals surface area contributed by atoms with E-state index in [4.69, 9.17) is 49.7 Å². The highest BCUT2D eigenvalue weighted by atomic mass is 35.5. The summed E-state index contributed by atoms with van der Waals surface area (Å²) in [5, 5.41) is 4.36. The first kappa shape index (κ1) is 24.6. The minimum atomic E-state index is -4.29. The van der Waals surface area contributed by atoms with Crippen LogP contribution in [-0.4, -0.2) is 29.0 Å². The standard InChI is InChI=1S/C24H18Cl3N5O3S/c1-13-21(22(27)32(2)31-13)36(33,34)35-16-7-5-6-14(10-16)24(15-11-19(25)29-20(26)12-15)18-9-4-3-8-17(18)23(28)30-24/h3-12H,1-2H3,(H2,28,30). The Hall–Kier alpha value is -3.11. The van der Waals surface area contributed by atoms with Gasteiger partial charge >= 0.3 is 10.1 Å². The number of halogens is 3. The number of nitrogens with two attached hydrogens (primary N) is 1. The van der Waals surface area contributed by atoms with Crippen LogP contribution in [0.2, 0.25) is 15.5 Å². The largest absolute Gasteiger partial charge is 0.383 e. The van der Waals surface area contributed by atoms with Gasteiger partial charge in [-0.2, -0.15) is 13.5 Å². The van der Waals surface area contributed by atoms with Crippen LogP contribution in [0.5, 0.6) is 5.75 Å². The minimum Gasteiger partial charge on any atom is -0.383 e. The van der Waals surface area contributed by atoms with Gasteiger partial charge in [-0.15, -0.1) is 0 Å². The molecule has 5 rings (SSSR count). The number of aromatic nitrogens is 3. The first-order valence-electron chi connectivity index (χ1n) is 10.6. The molecule has 184 valence electrons. The van der Waals surface area contributed by atoms with E-state index >= 15 is 0 Å². The fraction of sp³-hybridized carbons (Fsp3) is 0.125. The molecule has 2 aromatic carbocycles. The van der Waals surface area contributed by atoms with Crippen LogP contribution in [0, 0.1) is 6.92 Å². The lowest BCUT2D eigenvalue weighted by molar-refractivity contribution is 0.484. The maximum atomic E-state index is 13.1. The second kappa shape index (κ2) is 8.77. The average molecular weight is 563 g/mol. The maximum Gasteiger partial charge on any atom is 0.344 e. The Kier molecular flexibility index (Phi) is 5.99. The molecule has 3 heterocycles. The van der Waals surface area contributed by atoms with E-state index in [1.54, 1.807) is 37.4 Å². The van der Waals surface area contributed by atoms with Crippen molar-refractivity contribution in [2.24, 2.45) is 17.8 Å². The van der Waals surface area contributed by atoms with Gasteiger partial charge in [-0.3, -0.25) is 4.68 Å². The SMILES string of the molecule is Cc1nn(C)c(Cl)c1S(=O)(=O)Oc1cccc(C2(c3cc(Cl)nc(Cl)c3)N=C(N)c3ccccc32)c1. The van der Waals surface area contributed by atoms with Crippen LogP contribution in [0.1, 0.15) is 27.9 Å². The van der Waals surface area contributed by atoms with Gasteiger partial charge in [-0.05, 0) is 47.9 Å². The van der Waals surface area contributed by atoms with Crippen molar-refractivity contribution < 1.29 is 12.6 Å². The summed E-state index contributed by atoms with van der Waals surface area (Å²) in [4.78, 5) is 8.70. The van der Waals surface area contributed by atoms with Crippen LogP contribution < -0.4 is 9.92 Å². The fourth-order valence-corrected chi connectivity index (χ4v) is 6.54. The predicted molar refractivity (Wildman–Crippen MR) is 139 cm³/mol. The molecule has 0 saturated heterocycles. The smallest absolute Gasteiger partial charge is 0.344 e. The number of rotatable bonds is 5. The molecule has 2 N–H and O–H groups in total. The first-order valence-corrected chi connectivity index (χ1v) is 13.1. The van der Waals surface area contributed by atoms with Gasteiger partial charge in [0.1, 0.15) is 32.6 Å². The van der Waals surface area contributed by atoms with Crippen LogP contribution in [0.3, 0.4) is 0 Å². The van der Waals surface area contributed by atoms with Gasteiger partial charge in [0.25, 0.3) is 0 Å². The quantitative estimate of drug-likeness (QED) is 0.275. The fourth-order valence-electron chi connectivity index (χ4n) is 4.44. The number of benzene rings is 2. The second-order valence-corrected chi connectivity index (χ2v) is 10.8. The Morgan fingerprint density at radius 3 is 2.33 bits per heavy atom. The third-order valence-corrected chi connectivity index (χ3v) is 8.20. The van der Waals surface area contributed by atoms with Gasteiger partial charge < -0.3 is 9.92 Å². The van der Waals surface area contributed by atoms with Crippen molar-refractivity contribution >= 4 is 50.8 Å². The highest BCUT2D eigenvalue weighted by Crippen LogP contribution is 2.47. The zero-order chi connectivity index (χ0) is 25.8. The number of fused-ring (bicyclic) bond motifs is 1. The van der Waals surface area contributed by atoms with E-state index in [1.807, 2.05) is 24.3 Å². The van der Waals surface area contributed by atoms with E-state index in [0.29, 0.717) is 17.0 Å². The zero-order valence-corrected chi connectivity index (χ0v) is 22.0. The summed E-state index contributed by atoms with van der Waals surface area (Å²) in [6.07, 6.45) is 0. The molecule has 1 aliphatic rings. The van der Waals surface area contributed by atoms with Crippen molar-refractivity contribution in [2.45, 2.75) is 17.4 Å². The van der Waals surface area contributed by atoms with E-state index in [-0.39, 0.29) is 31.8 Å². The summed E-state index contributed by atoms with van der Waals surface area (Å²) in [5.74, 6) is 0.363. The number of amidine groups is 1. The Morgan fingerprint density at radius 1 is 0.972 bits per heavy atom. The van der Waals surface area contributed by atoms with Gasteiger partial charge in [0, 0.05) is 12.6 Å². The minimum absolute atomic E-state index is 0.0515. The summed E-state index contributed by atoms with van der Waals surface area (Å²) in [7, 11) is -2.75. The molecule has 1 atom stereocenters. The first-order chi connectivity index (χ1) is 17.0. The van der Waals surface area contributed by atoms with Crippen LogP contribution in [-0.2, 0) is 22.7 Å². The third kappa shape index (κ3) is 3.92. The Labute approximate surface area is 222 Å². The Balaban J connectivity index is 1.69. The normalized spacial score (nSPS) is 17.1. The molecule has 4 aromatic rings. The van der Waals surface area contributed by atoms with Crippen molar-refractivity contribution in [1.29, 1.82) is 0 Å². The van der Waals surface area contributed by atoms with Crippen LogP contribution >= 0.6 is 34.8 Å². The van der Waals surface area contributed by atoms with Crippen LogP contribution in [0.25, 0.3) is 0 Å². The average Bonchev–Trinajstić information content (AvgIpc) is 3.26. The third-order valence-electron chi connectivity index (χ3n) is 5.87. The van der Waals surface area contributed by atoms with Crippen molar-refractivity contribution in [2.75, 3.05) is 0 Å². The highest BCUT2D eigenvalue weighted by Gasteiger charge is 2.43. The number of aryl methyl sites for hydroxylation is 2. The number of aliphatic imine (C=N–C) groups is 1. The summed E-state index contributed by atoms with van der Waals surface area (Å²) >= 11 is 18.7. The van der Waals surface area contributed by atoms with E-state index in [9.17, 15) is 8.42 Å². The van der Waals surface area contributed by atoms with Gasteiger partial charge in [-0.1, -0.05) is 71.2 Å². The molecular formula is C24H18Cl3N5O3S. The van der Waals surface area contributed by atoms with Crippen LogP contribution in [0.15, 0.2) is 70.6 Å². The zero-order valence-electron chi connectivity index (χ0n) is 18.9. The number of nitrogens with zero attached hydrogens (tertiary/aromatic N) is 4. The monoisotopic (exact) mass is 561 g/mol. The van der Waals surface area contributed by atoms with E-state index < -0.39 is 15.7 Å².